The van der Waals surface area contributed by atoms with Gasteiger partial charge in [-0.25, -0.2) is 9.67 Å². The molecule has 2 heterocycles. The molecule has 0 saturated heterocycles. The molecule has 1 aromatic carbocycles. The molecular weight excluding hydrogens is 362 g/mol. The van der Waals surface area contributed by atoms with Gasteiger partial charge in [-0.1, -0.05) is 11.3 Å². The number of benzene rings is 1. The van der Waals surface area contributed by atoms with E-state index in [0.717, 1.165) is 17.1 Å². The van der Waals surface area contributed by atoms with Crippen molar-refractivity contribution in [2.45, 2.75) is 20.8 Å². The summed E-state index contributed by atoms with van der Waals surface area (Å²) in [6.45, 7) is 5.68. The van der Waals surface area contributed by atoms with Gasteiger partial charge in [-0.2, -0.15) is 5.10 Å². The Hall–Kier alpha value is -3.00. The zero-order valence-electron chi connectivity index (χ0n) is 15.9. The quantitative estimate of drug-likeness (QED) is 0.750. The van der Waals surface area contributed by atoms with Crippen LogP contribution in [-0.4, -0.2) is 45.6 Å². The van der Waals surface area contributed by atoms with Gasteiger partial charge in [0.1, 0.15) is 4.88 Å². The van der Waals surface area contributed by atoms with E-state index in [-0.39, 0.29) is 11.8 Å². The Kier molecular flexibility index (Phi) is 5.09. The molecule has 0 aliphatic rings. The lowest BCUT2D eigenvalue weighted by atomic mass is 10.2. The molecule has 27 heavy (non-hydrogen) atoms. The van der Waals surface area contributed by atoms with Crippen molar-refractivity contribution >= 4 is 28.3 Å². The third-order valence-electron chi connectivity index (χ3n) is 4.00. The summed E-state index contributed by atoms with van der Waals surface area (Å²) >= 11 is 1.18. The third-order valence-corrected chi connectivity index (χ3v) is 5.06. The van der Waals surface area contributed by atoms with Crippen LogP contribution in [0.15, 0.2) is 30.3 Å². The van der Waals surface area contributed by atoms with E-state index >= 15 is 0 Å². The van der Waals surface area contributed by atoms with Gasteiger partial charge >= 0.3 is 0 Å². The first-order valence-corrected chi connectivity index (χ1v) is 9.22. The van der Waals surface area contributed by atoms with Crippen LogP contribution in [0, 0.1) is 20.8 Å². The molecule has 0 saturated carbocycles. The molecule has 0 unspecified atom stereocenters. The Bertz CT molecular complexity index is 1000. The van der Waals surface area contributed by atoms with Crippen molar-refractivity contribution in [3.05, 3.63) is 57.9 Å². The Morgan fingerprint density at radius 1 is 1.11 bits per heavy atom. The number of nitrogens with one attached hydrogen (secondary N) is 1. The van der Waals surface area contributed by atoms with Crippen LogP contribution >= 0.6 is 11.3 Å². The molecule has 8 heteroatoms. The van der Waals surface area contributed by atoms with E-state index in [9.17, 15) is 9.59 Å². The van der Waals surface area contributed by atoms with Crippen molar-refractivity contribution in [1.82, 2.24) is 19.7 Å². The van der Waals surface area contributed by atoms with Crippen LogP contribution in [-0.2, 0) is 0 Å². The SMILES string of the molecule is Cc1cc(C)n(-c2ccc(C(=O)Nc3nc(C)c(C(=O)N(C)C)s3)cc2)n1. The normalized spacial score (nSPS) is 10.7. The third kappa shape index (κ3) is 3.90. The number of anilines is 1. The predicted octanol–water partition coefficient (Wildman–Crippen LogP) is 3.21. The Morgan fingerprint density at radius 3 is 2.33 bits per heavy atom. The van der Waals surface area contributed by atoms with Crippen LogP contribution < -0.4 is 5.32 Å². The second-order valence-electron chi connectivity index (χ2n) is 6.47. The minimum atomic E-state index is -0.271. The van der Waals surface area contributed by atoms with Crippen molar-refractivity contribution in [2.75, 3.05) is 19.4 Å². The first kappa shape index (κ1) is 18.8. The summed E-state index contributed by atoms with van der Waals surface area (Å²) in [6, 6.07) is 9.18. The monoisotopic (exact) mass is 383 g/mol. The summed E-state index contributed by atoms with van der Waals surface area (Å²) < 4.78 is 1.83. The largest absolute Gasteiger partial charge is 0.344 e. The fraction of sp³-hybridized carbons (Fsp3) is 0.263. The molecule has 1 N–H and O–H groups in total. The molecule has 0 atom stereocenters. The molecule has 3 aromatic rings. The second kappa shape index (κ2) is 7.32. The molecule has 0 fully saturated rings. The summed E-state index contributed by atoms with van der Waals surface area (Å²) in [4.78, 5) is 30.9. The molecule has 7 nitrogen and oxygen atoms in total. The number of hydrogen-bond acceptors (Lipinski definition) is 5. The number of aromatic nitrogens is 3. The van der Waals surface area contributed by atoms with Crippen LogP contribution in [0.1, 0.15) is 37.1 Å². The van der Waals surface area contributed by atoms with Crippen molar-refractivity contribution < 1.29 is 9.59 Å². The van der Waals surface area contributed by atoms with Crippen molar-refractivity contribution in [3.63, 3.8) is 0 Å². The maximum absolute atomic E-state index is 12.5. The van der Waals surface area contributed by atoms with E-state index in [1.807, 2.05) is 36.7 Å². The van der Waals surface area contributed by atoms with E-state index in [0.29, 0.717) is 21.3 Å². The molecule has 2 amide bonds. The molecule has 3 rings (SSSR count). The van der Waals surface area contributed by atoms with E-state index < -0.39 is 0 Å². The summed E-state index contributed by atoms with van der Waals surface area (Å²) in [6.07, 6.45) is 0. The lowest BCUT2D eigenvalue weighted by Gasteiger charge is -2.07. The maximum atomic E-state index is 12.5. The molecule has 0 aliphatic carbocycles. The average Bonchev–Trinajstić information content (AvgIpc) is 3.15. The summed E-state index contributed by atoms with van der Waals surface area (Å²) in [5.74, 6) is -0.396. The molecule has 140 valence electrons. The average molecular weight is 383 g/mol. The summed E-state index contributed by atoms with van der Waals surface area (Å²) in [7, 11) is 3.37. The Morgan fingerprint density at radius 2 is 1.78 bits per heavy atom. The van der Waals surface area contributed by atoms with Crippen LogP contribution in [0.4, 0.5) is 5.13 Å². The molecular formula is C19H21N5O2S. The molecule has 2 aromatic heterocycles. The van der Waals surface area contributed by atoms with Gasteiger partial charge in [0.05, 0.1) is 17.1 Å². The van der Waals surface area contributed by atoms with Gasteiger partial charge in [-0.15, -0.1) is 0 Å². The number of amides is 2. The van der Waals surface area contributed by atoms with Crippen LogP contribution in [0.25, 0.3) is 5.69 Å². The number of nitrogens with zero attached hydrogens (tertiary/aromatic N) is 4. The molecule has 0 aliphatic heterocycles. The van der Waals surface area contributed by atoms with Gasteiger partial charge in [-0.3, -0.25) is 14.9 Å². The first-order chi connectivity index (χ1) is 12.8. The van der Waals surface area contributed by atoms with Gasteiger partial charge in [0, 0.05) is 25.4 Å². The fourth-order valence-electron chi connectivity index (χ4n) is 2.66. The van der Waals surface area contributed by atoms with Gasteiger partial charge in [0.25, 0.3) is 11.8 Å². The lowest BCUT2D eigenvalue weighted by molar-refractivity contribution is 0.0831. The van der Waals surface area contributed by atoms with Gasteiger partial charge in [-0.05, 0) is 51.1 Å². The standard InChI is InChI=1S/C19H21N5O2S/c1-11-10-12(2)24(22-11)15-8-6-14(7-9-15)17(25)21-19-20-13(3)16(27-19)18(26)23(4)5/h6-10H,1-5H3,(H,20,21,25). The highest BCUT2D eigenvalue weighted by Crippen LogP contribution is 2.24. The Balaban J connectivity index is 1.76. The van der Waals surface area contributed by atoms with Crippen molar-refractivity contribution in [2.24, 2.45) is 0 Å². The minimum Gasteiger partial charge on any atom is -0.344 e. The van der Waals surface area contributed by atoms with Gasteiger partial charge < -0.3 is 4.90 Å². The zero-order valence-corrected chi connectivity index (χ0v) is 16.7. The smallest absolute Gasteiger partial charge is 0.265 e. The van der Waals surface area contributed by atoms with Gasteiger partial charge in [0.15, 0.2) is 5.13 Å². The Labute approximate surface area is 161 Å². The number of hydrogen-bond donors (Lipinski definition) is 1. The van der Waals surface area contributed by atoms with Crippen molar-refractivity contribution in [3.8, 4) is 5.69 Å². The zero-order chi connectivity index (χ0) is 19.7. The van der Waals surface area contributed by atoms with Gasteiger partial charge in [0.2, 0.25) is 0 Å². The van der Waals surface area contributed by atoms with E-state index in [1.165, 1.54) is 16.2 Å². The number of carbonyl (C=O) groups excluding carboxylic acids is 2. The fourth-order valence-corrected chi connectivity index (χ4v) is 3.65. The van der Waals surface area contributed by atoms with Crippen LogP contribution in [0.5, 0.6) is 0 Å². The van der Waals surface area contributed by atoms with Crippen LogP contribution in [0.3, 0.4) is 0 Å². The number of rotatable bonds is 4. The topological polar surface area (TPSA) is 80.1 Å². The minimum absolute atomic E-state index is 0.125. The highest BCUT2D eigenvalue weighted by Gasteiger charge is 2.18. The van der Waals surface area contributed by atoms with E-state index in [1.54, 1.807) is 33.2 Å². The number of carbonyl (C=O) groups is 2. The van der Waals surface area contributed by atoms with Crippen LogP contribution in [0.2, 0.25) is 0 Å². The van der Waals surface area contributed by atoms with E-state index in [4.69, 9.17) is 0 Å². The molecule has 0 spiro atoms. The molecule has 0 bridgehead atoms. The van der Waals surface area contributed by atoms with E-state index in [2.05, 4.69) is 15.4 Å². The number of thiazole rings is 1. The van der Waals surface area contributed by atoms with Crippen molar-refractivity contribution in [1.29, 1.82) is 0 Å². The summed E-state index contributed by atoms with van der Waals surface area (Å²) in [5, 5.41) is 7.61. The highest BCUT2D eigenvalue weighted by molar-refractivity contribution is 7.17. The lowest BCUT2D eigenvalue weighted by Crippen LogP contribution is -2.21. The second-order valence-corrected chi connectivity index (χ2v) is 7.47. The molecule has 0 radical (unpaired) electrons. The highest BCUT2D eigenvalue weighted by atomic mass is 32.1. The summed E-state index contributed by atoms with van der Waals surface area (Å²) in [5.41, 5.74) is 3.97. The maximum Gasteiger partial charge on any atom is 0.265 e. The predicted molar refractivity (Wildman–Crippen MR) is 106 cm³/mol. The number of aryl methyl sites for hydroxylation is 3. The first-order valence-electron chi connectivity index (χ1n) is 8.40.